The number of carboxylic acid groups (broad SMARTS) is 1. The van der Waals surface area contributed by atoms with E-state index in [1.165, 1.54) is 51.8 Å². The summed E-state index contributed by atoms with van der Waals surface area (Å²) in [5, 5.41) is 9.47. The fraction of sp³-hybridized carbons (Fsp3) is 0.933. The van der Waals surface area contributed by atoms with Gasteiger partial charge in [-0.1, -0.05) is 0 Å². The van der Waals surface area contributed by atoms with Crippen LogP contribution in [0.25, 0.3) is 0 Å². The van der Waals surface area contributed by atoms with Crippen LogP contribution in [-0.2, 0) is 4.79 Å². The molecule has 1 N–H and O–H groups in total. The van der Waals surface area contributed by atoms with Crippen LogP contribution >= 0.6 is 0 Å². The summed E-state index contributed by atoms with van der Waals surface area (Å²) in [7, 11) is 0. The molecule has 0 amide bonds. The Kier molecular flexibility index (Phi) is 10.3. The molecule has 0 aromatic rings. The average molecular weight is 363 g/mol. The summed E-state index contributed by atoms with van der Waals surface area (Å²) in [5.74, 6) is -0.519. The Morgan fingerprint density at radius 3 is 1.50 bits per heavy atom. The van der Waals surface area contributed by atoms with Crippen LogP contribution < -0.4 is 0 Å². The van der Waals surface area contributed by atoms with Crippen molar-refractivity contribution in [2.75, 3.05) is 0 Å². The Labute approximate surface area is 117 Å². The normalized spacial score (nSPS) is 13.6. The molecule has 0 spiro atoms. The number of aliphatic carboxylic acids is 1. The van der Waals surface area contributed by atoms with Crippen molar-refractivity contribution in [1.82, 2.24) is 0 Å². The van der Waals surface area contributed by atoms with Crippen molar-refractivity contribution in [1.29, 1.82) is 0 Å². The molecule has 18 heavy (non-hydrogen) atoms. The zero-order chi connectivity index (χ0) is 14.0. The van der Waals surface area contributed by atoms with Gasteiger partial charge in [0.1, 0.15) is 0 Å². The molecular weight excluding hydrogens is 331 g/mol. The van der Waals surface area contributed by atoms with Crippen molar-refractivity contribution in [2.45, 2.75) is 83.5 Å². The number of rotatable bonds is 11. The molecule has 108 valence electrons. The molecule has 0 rings (SSSR count). The summed E-state index contributed by atoms with van der Waals surface area (Å²) in [6.07, 6.45) is 7.39. The first kappa shape index (κ1) is 18.3. The summed E-state index contributed by atoms with van der Waals surface area (Å²) in [4.78, 5) is 11.5. The zero-order valence-corrected chi connectivity index (χ0v) is 15.7. The fourth-order valence-corrected chi connectivity index (χ4v) is 19.3. The van der Waals surface area contributed by atoms with E-state index in [4.69, 9.17) is 0 Å². The van der Waals surface area contributed by atoms with Crippen molar-refractivity contribution < 1.29 is 9.90 Å². The molecule has 0 saturated heterocycles. The molecule has 3 heteroatoms. The van der Waals surface area contributed by atoms with Crippen LogP contribution in [0.15, 0.2) is 0 Å². The molecule has 1 atom stereocenters. The number of carboxylic acids is 1. The second-order valence-corrected chi connectivity index (χ2v) is 20.3. The van der Waals surface area contributed by atoms with Crippen molar-refractivity contribution in [3.8, 4) is 0 Å². The van der Waals surface area contributed by atoms with Gasteiger partial charge in [0.25, 0.3) is 0 Å². The van der Waals surface area contributed by atoms with Crippen molar-refractivity contribution >= 4 is 24.3 Å². The number of hydrogen-bond donors (Lipinski definition) is 1. The van der Waals surface area contributed by atoms with Gasteiger partial charge in [0, 0.05) is 0 Å². The van der Waals surface area contributed by atoms with Gasteiger partial charge >= 0.3 is 118 Å². The van der Waals surface area contributed by atoms with E-state index in [0.717, 1.165) is 0 Å². The maximum absolute atomic E-state index is 11.5. The average Bonchev–Trinajstić information content (AvgIpc) is 2.37. The second kappa shape index (κ2) is 10.1. The predicted molar refractivity (Wildman–Crippen MR) is 82.0 cm³/mol. The summed E-state index contributed by atoms with van der Waals surface area (Å²) in [6.45, 7) is 8.69. The Morgan fingerprint density at radius 2 is 1.28 bits per heavy atom. The van der Waals surface area contributed by atoms with Gasteiger partial charge in [0.05, 0.1) is 0 Å². The van der Waals surface area contributed by atoms with Crippen molar-refractivity contribution in [3.05, 3.63) is 0 Å². The monoisotopic (exact) mass is 364 g/mol. The first-order chi connectivity index (χ1) is 8.54. The number of hydrogen-bond acceptors (Lipinski definition) is 1. The van der Waals surface area contributed by atoms with E-state index >= 15 is 0 Å². The van der Waals surface area contributed by atoms with E-state index in [0.29, 0.717) is 0 Å². The SMILES string of the molecule is CCC[CH2][Sn]([CH2]CCC)([CH2]CCC)[CH](C)C(=O)O. The van der Waals surface area contributed by atoms with Crippen LogP contribution in [0.4, 0.5) is 0 Å². The standard InChI is InChI=1S/3C4H9.C3H5O2.Sn/c3*1-3-4-2;1-2-3(4)5;/h3*1,3-4H2,2H3;2H,1H3,(H,4,5);. The second-order valence-electron chi connectivity index (χ2n) is 5.73. The molecule has 0 fully saturated rings. The van der Waals surface area contributed by atoms with E-state index < -0.39 is 24.3 Å². The third-order valence-electron chi connectivity index (χ3n) is 4.37. The summed E-state index contributed by atoms with van der Waals surface area (Å²) in [5.41, 5.74) is 0. The van der Waals surface area contributed by atoms with Gasteiger partial charge in [-0.2, -0.15) is 0 Å². The minimum atomic E-state index is -2.47. The van der Waals surface area contributed by atoms with Gasteiger partial charge < -0.3 is 0 Å². The van der Waals surface area contributed by atoms with E-state index in [2.05, 4.69) is 20.8 Å². The molecular formula is C15H32O2Sn. The van der Waals surface area contributed by atoms with Gasteiger partial charge in [-0.3, -0.25) is 0 Å². The quantitative estimate of drug-likeness (QED) is 0.505. The van der Waals surface area contributed by atoms with Gasteiger partial charge in [-0.15, -0.1) is 0 Å². The third-order valence-corrected chi connectivity index (χ3v) is 21.9. The van der Waals surface area contributed by atoms with Gasteiger partial charge in [0.2, 0.25) is 0 Å². The first-order valence-corrected chi connectivity index (χ1v) is 15.5. The van der Waals surface area contributed by atoms with Crippen LogP contribution in [-0.4, -0.2) is 29.5 Å². The zero-order valence-electron chi connectivity index (χ0n) is 12.8. The molecule has 0 heterocycles. The van der Waals surface area contributed by atoms with Crippen LogP contribution in [0, 0.1) is 0 Å². The minimum absolute atomic E-state index is 0.00366. The van der Waals surface area contributed by atoms with Crippen molar-refractivity contribution in [3.63, 3.8) is 0 Å². The maximum atomic E-state index is 11.5. The molecule has 1 unspecified atom stereocenters. The first-order valence-electron chi connectivity index (χ1n) is 7.76. The molecule has 0 aliphatic carbocycles. The summed E-state index contributed by atoms with van der Waals surface area (Å²) in [6, 6.07) is 0. The predicted octanol–water partition coefficient (Wildman–Crippen LogP) is 5.31. The van der Waals surface area contributed by atoms with Crippen LogP contribution in [0.1, 0.15) is 66.2 Å². The molecule has 0 aromatic heterocycles. The van der Waals surface area contributed by atoms with Crippen molar-refractivity contribution in [2.24, 2.45) is 0 Å². The molecule has 0 saturated carbocycles. The summed E-state index contributed by atoms with van der Waals surface area (Å²) >= 11 is -2.47. The molecule has 0 aliphatic heterocycles. The Hall–Kier alpha value is 0.269. The fourth-order valence-electron chi connectivity index (χ4n) is 2.87. The van der Waals surface area contributed by atoms with Gasteiger partial charge in [-0.25, -0.2) is 0 Å². The topological polar surface area (TPSA) is 37.3 Å². The number of unbranched alkanes of at least 4 members (excludes halogenated alkanes) is 3. The van der Waals surface area contributed by atoms with Gasteiger partial charge in [-0.05, 0) is 0 Å². The van der Waals surface area contributed by atoms with E-state index in [1.54, 1.807) is 0 Å². The van der Waals surface area contributed by atoms with E-state index in [1.807, 2.05) is 6.92 Å². The number of carbonyl (C=O) groups is 1. The molecule has 0 aromatic carbocycles. The Balaban J connectivity index is 4.89. The van der Waals surface area contributed by atoms with E-state index in [9.17, 15) is 9.90 Å². The summed E-state index contributed by atoms with van der Waals surface area (Å²) < 4.78 is 3.87. The Bertz CT molecular complexity index is 207. The molecule has 0 aliphatic rings. The van der Waals surface area contributed by atoms with Gasteiger partial charge in [0.15, 0.2) is 0 Å². The molecule has 0 radical (unpaired) electrons. The third kappa shape index (κ3) is 5.94. The Morgan fingerprint density at radius 1 is 0.944 bits per heavy atom. The van der Waals surface area contributed by atoms with Crippen LogP contribution in [0.5, 0.6) is 0 Å². The van der Waals surface area contributed by atoms with Crippen LogP contribution in [0.3, 0.4) is 0 Å². The van der Waals surface area contributed by atoms with Crippen LogP contribution in [0.2, 0.25) is 17.2 Å². The molecule has 2 nitrogen and oxygen atoms in total. The van der Waals surface area contributed by atoms with E-state index in [-0.39, 0.29) is 3.93 Å². The molecule has 0 bridgehead atoms.